The van der Waals surface area contributed by atoms with E-state index in [0.717, 1.165) is 31.6 Å². The van der Waals surface area contributed by atoms with Crippen molar-refractivity contribution >= 4 is 34.6 Å². The van der Waals surface area contributed by atoms with Crippen LogP contribution in [0.25, 0.3) is 0 Å². The predicted octanol–water partition coefficient (Wildman–Crippen LogP) is 4.47. The predicted molar refractivity (Wildman–Crippen MR) is 89.6 cm³/mol. The van der Waals surface area contributed by atoms with Gasteiger partial charge in [-0.15, -0.1) is 0 Å². The summed E-state index contributed by atoms with van der Waals surface area (Å²) in [7, 11) is 0. The van der Waals surface area contributed by atoms with Crippen LogP contribution >= 0.6 is 23.2 Å². The number of hydrogen-bond donors (Lipinski definition) is 1. The van der Waals surface area contributed by atoms with Crippen molar-refractivity contribution in [2.45, 2.75) is 18.9 Å². The number of anilines is 2. The number of para-hydroxylation sites is 1. The molecule has 2 heterocycles. The molecule has 0 aliphatic carbocycles. The minimum absolute atomic E-state index is 0.403. The fourth-order valence-electron chi connectivity index (χ4n) is 2.68. The van der Waals surface area contributed by atoms with Crippen LogP contribution in [0.15, 0.2) is 42.7 Å². The zero-order chi connectivity index (χ0) is 14.7. The largest absolute Gasteiger partial charge is 0.380 e. The summed E-state index contributed by atoms with van der Waals surface area (Å²) in [5, 5.41) is 4.85. The number of nitrogens with zero attached hydrogens (tertiary/aromatic N) is 2. The number of pyridine rings is 1. The number of nitrogens with one attached hydrogen (secondary N) is 1. The van der Waals surface area contributed by atoms with Gasteiger partial charge >= 0.3 is 0 Å². The van der Waals surface area contributed by atoms with Crippen molar-refractivity contribution in [3.05, 3.63) is 52.8 Å². The SMILES string of the molecule is Clc1cccc(Cl)c1NC1CCN(c2ccncc2)CC1. The molecular weight excluding hydrogens is 305 g/mol. The fourth-order valence-corrected chi connectivity index (χ4v) is 3.18. The second kappa shape index (κ2) is 6.54. The van der Waals surface area contributed by atoms with E-state index >= 15 is 0 Å². The van der Waals surface area contributed by atoms with Crippen LogP contribution in [0.5, 0.6) is 0 Å². The average molecular weight is 322 g/mol. The molecule has 1 aliphatic rings. The lowest BCUT2D eigenvalue weighted by Gasteiger charge is -2.34. The molecule has 1 aliphatic heterocycles. The monoisotopic (exact) mass is 321 g/mol. The molecule has 110 valence electrons. The summed E-state index contributed by atoms with van der Waals surface area (Å²) in [5.41, 5.74) is 2.09. The first-order chi connectivity index (χ1) is 10.2. The molecule has 1 aromatic heterocycles. The molecule has 1 saturated heterocycles. The summed E-state index contributed by atoms with van der Waals surface area (Å²) < 4.78 is 0. The minimum Gasteiger partial charge on any atom is -0.380 e. The number of hydrogen-bond acceptors (Lipinski definition) is 3. The van der Waals surface area contributed by atoms with E-state index in [1.807, 2.05) is 30.6 Å². The first-order valence-corrected chi connectivity index (χ1v) is 7.85. The summed E-state index contributed by atoms with van der Waals surface area (Å²) in [6.07, 6.45) is 5.79. The Morgan fingerprint density at radius 1 is 1.00 bits per heavy atom. The van der Waals surface area contributed by atoms with Gasteiger partial charge in [0.05, 0.1) is 15.7 Å². The van der Waals surface area contributed by atoms with Crippen LogP contribution < -0.4 is 10.2 Å². The molecule has 0 radical (unpaired) electrons. The van der Waals surface area contributed by atoms with E-state index < -0.39 is 0 Å². The zero-order valence-electron chi connectivity index (χ0n) is 11.6. The number of benzene rings is 1. The third-order valence-corrected chi connectivity index (χ3v) is 4.46. The van der Waals surface area contributed by atoms with Gasteiger partial charge in [0, 0.05) is 37.2 Å². The molecule has 1 N–H and O–H groups in total. The maximum absolute atomic E-state index is 6.21. The Bertz CT molecular complexity index is 575. The van der Waals surface area contributed by atoms with Gasteiger partial charge in [0.1, 0.15) is 0 Å². The Kier molecular flexibility index (Phi) is 4.51. The molecule has 1 fully saturated rings. The number of piperidine rings is 1. The van der Waals surface area contributed by atoms with Gasteiger partial charge in [0.15, 0.2) is 0 Å². The highest BCUT2D eigenvalue weighted by molar-refractivity contribution is 6.39. The van der Waals surface area contributed by atoms with Crippen molar-refractivity contribution in [2.75, 3.05) is 23.3 Å². The Morgan fingerprint density at radius 3 is 2.24 bits per heavy atom. The van der Waals surface area contributed by atoms with E-state index in [-0.39, 0.29) is 0 Å². The normalized spacial score (nSPS) is 16.0. The van der Waals surface area contributed by atoms with Gasteiger partial charge in [-0.05, 0) is 37.1 Å². The van der Waals surface area contributed by atoms with Crippen LogP contribution in [0.1, 0.15) is 12.8 Å². The van der Waals surface area contributed by atoms with Gasteiger partial charge < -0.3 is 10.2 Å². The second-order valence-electron chi connectivity index (χ2n) is 5.21. The van der Waals surface area contributed by atoms with Gasteiger partial charge in [-0.25, -0.2) is 0 Å². The van der Waals surface area contributed by atoms with Gasteiger partial charge in [0.2, 0.25) is 0 Å². The van der Waals surface area contributed by atoms with Crippen molar-refractivity contribution in [1.82, 2.24) is 4.98 Å². The number of aromatic nitrogens is 1. The molecule has 0 amide bonds. The van der Waals surface area contributed by atoms with E-state index in [0.29, 0.717) is 16.1 Å². The highest BCUT2D eigenvalue weighted by Gasteiger charge is 2.20. The lowest BCUT2D eigenvalue weighted by Crippen LogP contribution is -2.39. The van der Waals surface area contributed by atoms with Crippen molar-refractivity contribution in [3.63, 3.8) is 0 Å². The molecule has 21 heavy (non-hydrogen) atoms. The van der Waals surface area contributed by atoms with Crippen LogP contribution in [0.4, 0.5) is 11.4 Å². The lowest BCUT2D eigenvalue weighted by molar-refractivity contribution is 0.526. The van der Waals surface area contributed by atoms with Crippen molar-refractivity contribution in [1.29, 1.82) is 0 Å². The van der Waals surface area contributed by atoms with Crippen LogP contribution in [0.2, 0.25) is 10.0 Å². The van der Waals surface area contributed by atoms with Crippen LogP contribution in [0.3, 0.4) is 0 Å². The highest BCUT2D eigenvalue weighted by atomic mass is 35.5. The Morgan fingerprint density at radius 2 is 1.62 bits per heavy atom. The third kappa shape index (κ3) is 3.42. The van der Waals surface area contributed by atoms with Crippen molar-refractivity contribution < 1.29 is 0 Å². The Balaban J connectivity index is 1.62. The summed E-state index contributed by atoms with van der Waals surface area (Å²) in [5.74, 6) is 0. The topological polar surface area (TPSA) is 28.2 Å². The Labute approximate surface area is 134 Å². The van der Waals surface area contributed by atoms with Gasteiger partial charge in [0.25, 0.3) is 0 Å². The van der Waals surface area contributed by atoms with E-state index in [1.165, 1.54) is 5.69 Å². The molecular formula is C16H17Cl2N3. The van der Waals surface area contributed by atoms with Crippen molar-refractivity contribution in [2.24, 2.45) is 0 Å². The average Bonchev–Trinajstić information content (AvgIpc) is 2.53. The molecule has 0 spiro atoms. The van der Waals surface area contributed by atoms with E-state index in [9.17, 15) is 0 Å². The summed E-state index contributed by atoms with van der Waals surface area (Å²) in [6.45, 7) is 2.04. The molecule has 0 bridgehead atoms. The van der Waals surface area contributed by atoms with Crippen LogP contribution in [-0.4, -0.2) is 24.1 Å². The molecule has 1 aromatic carbocycles. The molecule has 5 heteroatoms. The summed E-state index contributed by atoms with van der Waals surface area (Å²) in [4.78, 5) is 6.45. The maximum atomic E-state index is 6.21. The van der Waals surface area contributed by atoms with Crippen LogP contribution in [-0.2, 0) is 0 Å². The third-order valence-electron chi connectivity index (χ3n) is 3.83. The van der Waals surface area contributed by atoms with Gasteiger partial charge in [-0.3, -0.25) is 4.98 Å². The fraction of sp³-hybridized carbons (Fsp3) is 0.312. The number of halogens is 2. The lowest BCUT2D eigenvalue weighted by atomic mass is 10.0. The van der Waals surface area contributed by atoms with E-state index in [4.69, 9.17) is 23.2 Å². The summed E-state index contributed by atoms with van der Waals surface area (Å²) >= 11 is 12.4. The number of rotatable bonds is 3. The van der Waals surface area contributed by atoms with Crippen molar-refractivity contribution in [3.8, 4) is 0 Å². The molecule has 0 atom stereocenters. The quantitative estimate of drug-likeness (QED) is 0.904. The van der Waals surface area contributed by atoms with Crippen LogP contribution in [0, 0.1) is 0 Å². The maximum Gasteiger partial charge on any atom is 0.0721 e. The standard InChI is InChI=1S/C16H17Cl2N3/c17-14-2-1-3-15(18)16(14)20-12-6-10-21(11-7-12)13-4-8-19-9-5-13/h1-5,8-9,12,20H,6-7,10-11H2. The first kappa shape index (κ1) is 14.5. The Hall–Kier alpha value is -1.45. The second-order valence-corrected chi connectivity index (χ2v) is 6.02. The zero-order valence-corrected chi connectivity index (χ0v) is 13.1. The van der Waals surface area contributed by atoms with Gasteiger partial charge in [-0.2, -0.15) is 0 Å². The molecule has 2 aromatic rings. The van der Waals surface area contributed by atoms with E-state index in [1.54, 1.807) is 0 Å². The molecule has 0 unspecified atom stereocenters. The first-order valence-electron chi connectivity index (χ1n) is 7.09. The minimum atomic E-state index is 0.403. The molecule has 3 rings (SSSR count). The highest BCUT2D eigenvalue weighted by Crippen LogP contribution is 2.32. The molecule has 3 nitrogen and oxygen atoms in total. The molecule has 0 saturated carbocycles. The summed E-state index contributed by atoms with van der Waals surface area (Å²) in [6, 6.07) is 10.1. The van der Waals surface area contributed by atoms with E-state index in [2.05, 4.69) is 27.3 Å². The van der Waals surface area contributed by atoms with Gasteiger partial charge in [-0.1, -0.05) is 29.3 Å². The smallest absolute Gasteiger partial charge is 0.0721 e.